The summed E-state index contributed by atoms with van der Waals surface area (Å²) in [5.74, 6) is -0.671. The zero-order chi connectivity index (χ0) is 15.9. The summed E-state index contributed by atoms with van der Waals surface area (Å²) in [6.07, 6.45) is 0.964. The lowest BCUT2D eigenvalue weighted by molar-refractivity contribution is -0.138. The molecule has 2 saturated heterocycles. The van der Waals surface area contributed by atoms with Crippen LogP contribution in [0.2, 0.25) is 5.02 Å². The van der Waals surface area contributed by atoms with Gasteiger partial charge in [0.1, 0.15) is 5.82 Å². The van der Waals surface area contributed by atoms with Crippen LogP contribution in [0.4, 0.5) is 4.39 Å². The van der Waals surface area contributed by atoms with Crippen LogP contribution in [0, 0.1) is 5.82 Å². The second kappa shape index (κ2) is 5.52. The van der Waals surface area contributed by atoms with Crippen molar-refractivity contribution in [2.24, 2.45) is 0 Å². The van der Waals surface area contributed by atoms with E-state index in [-0.39, 0.29) is 24.1 Å². The molecule has 0 aliphatic carbocycles. The first-order valence-corrected chi connectivity index (χ1v) is 7.55. The van der Waals surface area contributed by atoms with Crippen molar-refractivity contribution in [2.75, 3.05) is 13.1 Å². The topological polar surface area (TPSA) is 52.7 Å². The largest absolute Gasteiger partial charge is 0.296 e. The Bertz CT molecular complexity index is 619. The molecule has 7 heteroatoms. The molecule has 2 aliphatic heterocycles. The third-order valence-electron chi connectivity index (χ3n) is 4.37. The van der Waals surface area contributed by atoms with Gasteiger partial charge in [-0.05, 0) is 18.6 Å². The molecule has 22 heavy (non-hydrogen) atoms. The zero-order valence-electron chi connectivity index (χ0n) is 12.2. The second-order valence-electron chi connectivity index (χ2n) is 5.95. The van der Waals surface area contributed by atoms with Crippen molar-refractivity contribution >= 4 is 23.4 Å². The average Bonchev–Trinajstić information content (AvgIpc) is 2.98. The lowest BCUT2D eigenvalue weighted by Crippen LogP contribution is -2.52. The Morgan fingerprint density at radius 2 is 2.27 bits per heavy atom. The summed E-state index contributed by atoms with van der Waals surface area (Å²) in [7, 11) is 0. The molecular formula is C15H17ClFN3O2. The summed E-state index contributed by atoms with van der Waals surface area (Å²) in [5, 5.41) is 1.82. The fourth-order valence-corrected chi connectivity index (χ4v) is 3.61. The molecule has 0 radical (unpaired) electrons. The standard InChI is InChI=1S/C15H17ClFN3O2/c1-10(21)20-15(7-14(22)18-20)5-6-19(9-15)8-11-12(16)3-2-4-13(11)17/h2-4H,5-9H2,1H3,(H,18,22). The predicted molar refractivity (Wildman–Crippen MR) is 79.3 cm³/mol. The molecule has 2 heterocycles. The first-order chi connectivity index (χ1) is 10.4. The highest BCUT2D eigenvalue weighted by atomic mass is 35.5. The van der Waals surface area contributed by atoms with Gasteiger partial charge in [0.05, 0.1) is 12.0 Å². The third-order valence-corrected chi connectivity index (χ3v) is 4.72. The van der Waals surface area contributed by atoms with Gasteiger partial charge in [0, 0.05) is 37.1 Å². The van der Waals surface area contributed by atoms with Gasteiger partial charge in [-0.3, -0.25) is 19.9 Å². The summed E-state index contributed by atoms with van der Waals surface area (Å²) in [4.78, 5) is 25.5. The third kappa shape index (κ3) is 2.57. The minimum atomic E-state index is -0.527. The number of hydrogen-bond acceptors (Lipinski definition) is 3. The molecule has 2 amide bonds. The van der Waals surface area contributed by atoms with Gasteiger partial charge < -0.3 is 0 Å². The molecule has 1 aromatic carbocycles. The maximum atomic E-state index is 13.9. The lowest BCUT2D eigenvalue weighted by atomic mass is 9.95. The van der Waals surface area contributed by atoms with Crippen LogP contribution in [-0.4, -0.2) is 40.4 Å². The molecule has 5 nitrogen and oxygen atoms in total. The highest BCUT2D eigenvalue weighted by molar-refractivity contribution is 6.31. The number of carbonyl (C=O) groups is 2. The quantitative estimate of drug-likeness (QED) is 0.900. The molecule has 3 rings (SSSR count). The van der Waals surface area contributed by atoms with Crippen LogP contribution in [0.25, 0.3) is 0 Å². The van der Waals surface area contributed by atoms with E-state index in [0.29, 0.717) is 36.6 Å². The van der Waals surface area contributed by atoms with E-state index in [1.165, 1.54) is 18.0 Å². The van der Waals surface area contributed by atoms with Crippen LogP contribution in [0.15, 0.2) is 18.2 Å². The molecule has 0 saturated carbocycles. The Morgan fingerprint density at radius 1 is 1.50 bits per heavy atom. The Balaban J connectivity index is 1.77. The van der Waals surface area contributed by atoms with E-state index in [1.54, 1.807) is 12.1 Å². The summed E-state index contributed by atoms with van der Waals surface area (Å²) in [5.41, 5.74) is 2.54. The van der Waals surface area contributed by atoms with Gasteiger partial charge in [-0.25, -0.2) is 9.40 Å². The van der Waals surface area contributed by atoms with Crippen molar-refractivity contribution in [3.8, 4) is 0 Å². The van der Waals surface area contributed by atoms with E-state index in [2.05, 4.69) is 5.43 Å². The lowest BCUT2D eigenvalue weighted by Gasteiger charge is -2.32. The van der Waals surface area contributed by atoms with Crippen molar-refractivity contribution in [1.29, 1.82) is 0 Å². The number of likely N-dealkylation sites (tertiary alicyclic amines) is 1. The minimum absolute atomic E-state index is 0.152. The Morgan fingerprint density at radius 3 is 2.95 bits per heavy atom. The monoisotopic (exact) mass is 325 g/mol. The van der Waals surface area contributed by atoms with Gasteiger partial charge in [0.15, 0.2) is 0 Å². The maximum Gasteiger partial charge on any atom is 0.241 e. The Labute approximate surface area is 133 Å². The van der Waals surface area contributed by atoms with Crippen LogP contribution >= 0.6 is 11.6 Å². The number of hydrogen-bond donors (Lipinski definition) is 1. The van der Waals surface area contributed by atoms with E-state index in [9.17, 15) is 14.0 Å². The van der Waals surface area contributed by atoms with Gasteiger partial charge in [-0.15, -0.1) is 0 Å². The van der Waals surface area contributed by atoms with E-state index in [0.717, 1.165) is 0 Å². The molecule has 1 atom stereocenters. The van der Waals surface area contributed by atoms with Gasteiger partial charge in [-0.1, -0.05) is 17.7 Å². The first-order valence-electron chi connectivity index (χ1n) is 7.17. The fourth-order valence-electron chi connectivity index (χ4n) is 3.38. The van der Waals surface area contributed by atoms with Crippen LogP contribution in [0.3, 0.4) is 0 Å². The molecule has 118 valence electrons. The smallest absolute Gasteiger partial charge is 0.241 e. The molecule has 1 unspecified atom stereocenters. The number of amides is 2. The van der Waals surface area contributed by atoms with Crippen LogP contribution < -0.4 is 5.43 Å². The first kappa shape index (κ1) is 15.2. The van der Waals surface area contributed by atoms with Crippen LogP contribution in [0.1, 0.15) is 25.3 Å². The molecular weight excluding hydrogens is 309 g/mol. The molecule has 2 aliphatic rings. The summed E-state index contributed by atoms with van der Waals surface area (Å²) >= 11 is 6.06. The number of benzene rings is 1. The number of nitrogens with zero attached hydrogens (tertiary/aromatic N) is 2. The highest BCUT2D eigenvalue weighted by Crippen LogP contribution is 2.35. The van der Waals surface area contributed by atoms with E-state index in [4.69, 9.17) is 11.6 Å². The maximum absolute atomic E-state index is 13.9. The van der Waals surface area contributed by atoms with Crippen molar-refractivity contribution in [3.05, 3.63) is 34.6 Å². The van der Waals surface area contributed by atoms with Crippen molar-refractivity contribution in [1.82, 2.24) is 15.3 Å². The summed E-state index contributed by atoms with van der Waals surface area (Å²) in [6.45, 7) is 3.01. The molecule has 0 aromatic heterocycles. The molecule has 2 fully saturated rings. The SMILES string of the molecule is CC(=O)N1NC(=O)CC12CCN(Cc1c(F)cccc1Cl)C2. The van der Waals surface area contributed by atoms with Gasteiger partial charge >= 0.3 is 0 Å². The minimum Gasteiger partial charge on any atom is -0.296 e. The van der Waals surface area contributed by atoms with Crippen molar-refractivity contribution in [3.63, 3.8) is 0 Å². The van der Waals surface area contributed by atoms with E-state index >= 15 is 0 Å². The van der Waals surface area contributed by atoms with Crippen molar-refractivity contribution in [2.45, 2.75) is 31.8 Å². The number of rotatable bonds is 2. The number of nitrogens with one attached hydrogen (secondary N) is 1. The normalized spacial score (nSPS) is 25.0. The zero-order valence-corrected chi connectivity index (χ0v) is 13.0. The second-order valence-corrected chi connectivity index (χ2v) is 6.36. The van der Waals surface area contributed by atoms with Gasteiger partial charge in [-0.2, -0.15) is 0 Å². The fraction of sp³-hybridized carbons (Fsp3) is 0.467. The van der Waals surface area contributed by atoms with Gasteiger partial charge in [0.25, 0.3) is 0 Å². The van der Waals surface area contributed by atoms with Gasteiger partial charge in [0.2, 0.25) is 11.8 Å². The predicted octanol–water partition coefficient (Wildman–Crippen LogP) is 1.71. The van der Waals surface area contributed by atoms with Crippen molar-refractivity contribution < 1.29 is 14.0 Å². The molecule has 1 spiro atoms. The Kier molecular flexibility index (Phi) is 3.82. The Hall–Kier alpha value is -1.66. The average molecular weight is 326 g/mol. The van der Waals surface area contributed by atoms with E-state index in [1.807, 2.05) is 4.90 Å². The number of hydrazine groups is 1. The molecule has 1 N–H and O–H groups in total. The van der Waals surface area contributed by atoms with Crippen LogP contribution in [-0.2, 0) is 16.1 Å². The summed E-state index contributed by atoms with van der Waals surface area (Å²) < 4.78 is 13.9. The molecule has 1 aromatic rings. The number of carbonyl (C=O) groups excluding carboxylic acids is 2. The highest BCUT2D eigenvalue weighted by Gasteiger charge is 2.51. The summed E-state index contributed by atoms with van der Waals surface area (Å²) in [6, 6.07) is 4.62. The van der Waals surface area contributed by atoms with E-state index < -0.39 is 5.54 Å². The molecule has 0 bridgehead atoms. The van der Waals surface area contributed by atoms with Crippen LogP contribution in [0.5, 0.6) is 0 Å². The number of halogens is 2.